The molecule has 0 aromatic carbocycles. The van der Waals surface area contributed by atoms with E-state index in [2.05, 4.69) is 43.8 Å². The van der Waals surface area contributed by atoms with Crippen LogP contribution in [0.4, 0.5) is 0 Å². The highest BCUT2D eigenvalue weighted by Gasteiger charge is 2.25. The van der Waals surface area contributed by atoms with Crippen LogP contribution in [0.1, 0.15) is 52.4 Å². The van der Waals surface area contributed by atoms with Crippen molar-refractivity contribution in [3.63, 3.8) is 0 Å². The van der Waals surface area contributed by atoms with E-state index in [0.29, 0.717) is 5.92 Å². The summed E-state index contributed by atoms with van der Waals surface area (Å²) in [6.45, 7) is 18.9. The SMILES string of the molecule is C=C(CCN1C(=C)CC(C)C1=C)NCCCCCC. The molecule has 1 aliphatic rings. The lowest BCUT2D eigenvalue weighted by Crippen LogP contribution is -2.22. The molecule has 108 valence electrons. The molecule has 0 amide bonds. The fraction of sp³-hybridized carbons (Fsp3) is 0.647. The lowest BCUT2D eigenvalue weighted by atomic mass is 10.1. The monoisotopic (exact) mass is 262 g/mol. The smallest absolute Gasteiger partial charge is 0.0278 e. The van der Waals surface area contributed by atoms with E-state index in [-0.39, 0.29) is 0 Å². The van der Waals surface area contributed by atoms with Crippen LogP contribution in [-0.2, 0) is 0 Å². The summed E-state index contributed by atoms with van der Waals surface area (Å²) in [5.41, 5.74) is 3.55. The van der Waals surface area contributed by atoms with E-state index in [1.165, 1.54) is 37.1 Å². The van der Waals surface area contributed by atoms with Crippen molar-refractivity contribution in [1.29, 1.82) is 0 Å². The largest absolute Gasteiger partial charge is 0.389 e. The third-order valence-corrected chi connectivity index (χ3v) is 3.88. The van der Waals surface area contributed by atoms with E-state index in [0.717, 1.165) is 31.6 Å². The summed E-state index contributed by atoms with van der Waals surface area (Å²) in [6, 6.07) is 0. The van der Waals surface area contributed by atoms with E-state index in [1.54, 1.807) is 0 Å². The molecule has 1 unspecified atom stereocenters. The Bertz CT molecular complexity index is 330. The third-order valence-electron chi connectivity index (χ3n) is 3.88. The van der Waals surface area contributed by atoms with Gasteiger partial charge in [-0.3, -0.25) is 0 Å². The lowest BCUT2D eigenvalue weighted by molar-refractivity contribution is 0.446. The third kappa shape index (κ3) is 5.14. The maximum atomic E-state index is 4.16. The second-order valence-corrected chi connectivity index (χ2v) is 5.66. The Kier molecular flexibility index (Phi) is 6.75. The van der Waals surface area contributed by atoms with Crippen LogP contribution < -0.4 is 5.32 Å². The fourth-order valence-corrected chi connectivity index (χ4v) is 2.50. The van der Waals surface area contributed by atoms with E-state index in [4.69, 9.17) is 0 Å². The molecule has 1 N–H and O–H groups in total. The number of rotatable bonds is 9. The Morgan fingerprint density at radius 2 is 2.05 bits per heavy atom. The van der Waals surface area contributed by atoms with Crippen LogP contribution in [-0.4, -0.2) is 18.0 Å². The number of nitrogens with one attached hydrogen (secondary N) is 1. The molecule has 0 spiro atoms. The van der Waals surface area contributed by atoms with Crippen molar-refractivity contribution in [3.8, 4) is 0 Å². The quantitative estimate of drug-likeness (QED) is 0.618. The molecule has 0 aliphatic carbocycles. The molecule has 1 fully saturated rings. The maximum absolute atomic E-state index is 4.16. The van der Waals surface area contributed by atoms with Crippen molar-refractivity contribution in [2.24, 2.45) is 5.92 Å². The van der Waals surface area contributed by atoms with Gasteiger partial charge in [0, 0.05) is 42.5 Å². The van der Waals surface area contributed by atoms with Crippen molar-refractivity contribution < 1.29 is 0 Å². The highest BCUT2D eigenvalue weighted by Crippen LogP contribution is 2.33. The van der Waals surface area contributed by atoms with E-state index in [9.17, 15) is 0 Å². The zero-order valence-electron chi connectivity index (χ0n) is 12.8. The molecule has 2 nitrogen and oxygen atoms in total. The number of nitrogens with zero attached hydrogens (tertiary/aromatic N) is 1. The zero-order valence-corrected chi connectivity index (χ0v) is 12.8. The summed E-state index contributed by atoms with van der Waals surface area (Å²) >= 11 is 0. The molecular weight excluding hydrogens is 232 g/mol. The minimum Gasteiger partial charge on any atom is -0.389 e. The van der Waals surface area contributed by atoms with Gasteiger partial charge >= 0.3 is 0 Å². The minimum atomic E-state index is 0.544. The number of hydrogen-bond donors (Lipinski definition) is 1. The van der Waals surface area contributed by atoms with E-state index >= 15 is 0 Å². The standard InChI is InChI=1S/C17H30N2/c1-6-7-8-9-11-18-15(3)10-12-19-16(4)13-14(2)17(19)5/h14,18H,3-13H2,1-2H3. The molecule has 1 aliphatic heterocycles. The van der Waals surface area contributed by atoms with Gasteiger partial charge in [-0.25, -0.2) is 0 Å². The molecule has 0 aromatic heterocycles. The summed E-state index contributed by atoms with van der Waals surface area (Å²) in [6.07, 6.45) is 7.20. The van der Waals surface area contributed by atoms with Crippen LogP contribution in [0.3, 0.4) is 0 Å². The Balaban J connectivity index is 2.16. The number of allylic oxidation sites excluding steroid dienone is 2. The van der Waals surface area contributed by atoms with E-state index in [1.807, 2.05) is 0 Å². The molecule has 1 rings (SSSR count). The van der Waals surface area contributed by atoms with Crippen molar-refractivity contribution in [2.45, 2.75) is 52.4 Å². The molecule has 1 saturated heterocycles. The molecule has 0 bridgehead atoms. The van der Waals surface area contributed by atoms with Crippen LogP contribution in [0.15, 0.2) is 36.8 Å². The molecule has 1 heterocycles. The summed E-state index contributed by atoms with van der Waals surface area (Å²) in [7, 11) is 0. The highest BCUT2D eigenvalue weighted by molar-refractivity contribution is 5.19. The molecule has 19 heavy (non-hydrogen) atoms. The van der Waals surface area contributed by atoms with Gasteiger partial charge < -0.3 is 10.2 Å². The summed E-state index contributed by atoms with van der Waals surface area (Å²) in [5, 5.41) is 3.43. The first kappa shape index (κ1) is 15.9. The minimum absolute atomic E-state index is 0.544. The first-order valence-electron chi connectivity index (χ1n) is 7.62. The fourth-order valence-electron chi connectivity index (χ4n) is 2.50. The Labute approximate surface area is 119 Å². The summed E-state index contributed by atoms with van der Waals surface area (Å²) < 4.78 is 0. The van der Waals surface area contributed by atoms with Crippen molar-refractivity contribution in [3.05, 3.63) is 36.8 Å². The van der Waals surface area contributed by atoms with Gasteiger partial charge in [0.1, 0.15) is 0 Å². The average Bonchev–Trinajstić information content (AvgIpc) is 2.61. The Hall–Kier alpha value is -1.18. The van der Waals surface area contributed by atoms with Crippen molar-refractivity contribution in [2.75, 3.05) is 13.1 Å². The van der Waals surface area contributed by atoms with Crippen LogP contribution in [0.2, 0.25) is 0 Å². The molecule has 0 saturated carbocycles. The van der Waals surface area contributed by atoms with Crippen molar-refractivity contribution in [1.82, 2.24) is 10.2 Å². The number of hydrogen-bond acceptors (Lipinski definition) is 2. The predicted octanol–water partition coefficient (Wildman–Crippen LogP) is 4.43. The first-order chi connectivity index (χ1) is 9.06. The van der Waals surface area contributed by atoms with E-state index < -0.39 is 0 Å². The lowest BCUT2D eigenvalue weighted by Gasteiger charge is -2.22. The van der Waals surface area contributed by atoms with Gasteiger partial charge in [0.2, 0.25) is 0 Å². The maximum Gasteiger partial charge on any atom is 0.0278 e. The molecule has 0 aromatic rings. The average molecular weight is 262 g/mol. The topological polar surface area (TPSA) is 15.3 Å². The molecule has 0 radical (unpaired) electrons. The highest BCUT2D eigenvalue weighted by atomic mass is 15.2. The van der Waals surface area contributed by atoms with Gasteiger partial charge in [-0.1, -0.05) is 52.8 Å². The second-order valence-electron chi connectivity index (χ2n) is 5.66. The van der Waals surface area contributed by atoms with Crippen molar-refractivity contribution >= 4 is 0 Å². The van der Waals surface area contributed by atoms with Gasteiger partial charge in [0.25, 0.3) is 0 Å². The van der Waals surface area contributed by atoms with Gasteiger partial charge in [0.05, 0.1) is 0 Å². The number of unbranched alkanes of at least 4 members (excludes halogenated alkanes) is 3. The van der Waals surface area contributed by atoms with Gasteiger partial charge in [-0.05, 0) is 12.8 Å². The van der Waals surface area contributed by atoms with Crippen LogP contribution in [0, 0.1) is 5.92 Å². The van der Waals surface area contributed by atoms with Gasteiger partial charge in [0.15, 0.2) is 0 Å². The summed E-state index contributed by atoms with van der Waals surface area (Å²) in [5.74, 6) is 0.544. The number of likely N-dealkylation sites (tertiary alicyclic amines) is 1. The zero-order chi connectivity index (χ0) is 14.3. The summed E-state index contributed by atoms with van der Waals surface area (Å²) in [4.78, 5) is 2.26. The van der Waals surface area contributed by atoms with Gasteiger partial charge in [-0.15, -0.1) is 0 Å². The second kappa shape index (κ2) is 8.08. The molecule has 2 heteroatoms. The molecular formula is C17H30N2. The Morgan fingerprint density at radius 1 is 1.32 bits per heavy atom. The first-order valence-corrected chi connectivity index (χ1v) is 7.62. The van der Waals surface area contributed by atoms with Crippen LogP contribution >= 0.6 is 0 Å². The van der Waals surface area contributed by atoms with Crippen LogP contribution in [0.5, 0.6) is 0 Å². The van der Waals surface area contributed by atoms with Crippen LogP contribution in [0.25, 0.3) is 0 Å². The van der Waals surface area contributed by atoms with Gasteiger partial charge in [-0.2, -0.15) is 0 Å². The Morgan fingerprint density at radius 3 is 2.63 bits per heavy atom. The normalized spacial score (nSPS) is 19.1. The molecule has 1 atom stereocenters. The predicted molar refractivity (Wildman–Crippen MR) is 84.7 cm³/mol.